The molecule has 2 amide bonds. The Bertz CT molecular complexity index is 1240. The highest BCUT2D eigenvalue weighted by Gasteiger charge is 2.46. The van der Waals surface area contributed by atoms with Gasteiger partial charge in [-0.05, 0) is 41.8 Å². The minimum absolute atomic E-state index is 0.0380. The second kappa shape index (κ2) is 12.5. The van der Waals surface area contributed by atoms with Gasteiger partial charge in [0.2, 0.25) is 5.91 Å². The van der Waals surface area contributed by atoms with Gasteiger partial charge in [0.05, 0.1) is 6.10 Å². The second-order valence-corrected chi connectivity index (χ2v) is 8.84. The number of nitrogens with two attached hydrogens (primary N) is 1. The molecule has 0 saturated heterocycles. The number of aliphatic hydroxyl groups excluding tert-OH is 1. The summed E-state index contributed by atoms with van der Waals surface area (Å²) in [6, 6.07) is 14.9. The molecule has 0 radical (unpaired) electrons. The van der Waals surface area contributed by atoms with Gasteiger partial charge in [-0.3, -0.25) is 9.59 Å². The van der Waals surface area contributed by atoms with Crippen molar-refractivity contribution in [3.63, 3.8) is 0 Å². The molecule has 202 valence electrons. The van der Waals surface area contributed by atoms with Crippen LogP contribution in [0.3, 0.4) is 0 Å². The Morgan fingerprint density at radius 2 is 1.63 bits per heavy atom. The Morgan fingerprint density at radius 3 is 2.24 bits per heavy atom. The Morgan fingerprint density at radius 1 is 1.00 bits per heavy atom. The first-order valence-corrected chi connectivity index (χ1v) is 11.8. The van der Waals surface area contributed by atoms with Gasteiger partial charge in [-0.1, -0.05) is 48.5 Å². The fraction of sp³-hybridized carbons (Fsp3) is 0.296. The van der Waals surface area contributed by atoms with Crippen LogP contribution in [0.25, 0.3) is 0 Å². The summed E-state index contributed by atoms with van der Waals surface area (Å²) in [5, 5.41) is 13.2. The summed E-state index contributed by atoms with van der Waals surface area (Å²) in [7, 11) is 0. The van der Waals surface area contributed by atoms with E-state index in [0.717, 1.165) is 12.1 Å². The maximum absolute atomic E-state index is 13.7. The number of alkyl halides is 3. The number of carbonyl (C=O) groups is 2. The van der Waals surface area contributed by atoms with E-state index in [0.29, 0.717) is 27.3 Å². The summed E-state index contributed by atoms with van der Waals surface area (Å²) in [5.74, 6) is -3.45. The molecule has 1 heterocycles. The molecule has 0 aliphatic carbocycles. The molecule has 0 unspecified atom stereocenters. The van der Waals surface area contributed by atoms with Gasteiger partial charge < -0.3 is 21.1 Å². The first-order chi connectivity index (χ1) is 17.9. The third-order valence-corrected chi connectivity index (χ3v) is 5.92. The number of halogens is 4. The van der Waals surface area contributed by atoms with Crippen molar-refractivity contribution in [3.8, 4) is 0 Å². The molecular weight excluding hydrogens is 504 g/mol. The smallest absolute Gasteiger partial charge is 0.391 e. The van der Waals surface area contributed by atoms with Crippen LogP contribution in [0, 0.1) is 12.7 Å². The van der Waals surface area contributed by atoms with Crippen molar-refractivity contribution in [2.45, 2.75) is 44.6 Å². The van der Waals surface area contributed by atoms with Crippen LogP contribution in [0.1, 0.15) is 22.4 Å². The van der Waals surface area contributed by atoms with Gasteiger partial charge in [0.1, 0.15) is 17.7 Å². The summed E-state index contributed by atoms with van der Waals surface area (Å²) >= 11 is 0. The molecule has 3 aromatic rings. The summed E-state index contributed by atoms with van der Waals surface area (Å²) < 4.78 is 54.4. The third-order valence-electron chi connectivity index (χ3n) is 5.92. The van der Waals surface area contributed by atoms with Gasteiger partial charge in [0, 0.05) is 31.6 Å². The summed E-state index contributed by atoms with van der Waals surface area (Å²) in [5.41, 5.74) is 7.71. The molecule has 2 atom stereocenters. The Balaban J connectivity index is 1.91. The zero-order valence-corrected chi connectivity index (χ0v) is 20.6. The monoisotopic (exact) mass is 532 g/mol. The summed E-state index contributed by atoms with van der Waals surface area (Å²) in [6.07, 6.45) is -7.07. The first-order valence-electron chi connectivity index (χ1n) is 11.8. The molecule has 0 spiro atoms. The van der Waals surface area contributed by atoms with Crippen LogP contribution in [0.5, 0.6) is 0 Å². The predicted molar refractivity (Wildman–Crippen MR) is 133 cm³/mol. The average molecular weight is 533 g/mol. The lowest BCUT2D eigenvalue weighted by Crippen LogP contribution is -2.56. The minimum atomic E-state index is -5.30. The average Bonchev–Trinajstić information content (AvgIpc) is 2.86. The number of aromatic nitrogens is 1. The number of hydrogen-bond acceptors (Lipinski definition) is 5. The van der Waals surface area contributed by atoms with Crippen LogP contribution in [0.2, 0.25) is 0 Å². The molecule has 11 heteroatoms. The molecule has 2 aromatic carbocycles. The van der Waals surface area contributed by atoms with Gasteiger partial charge in [0.25, 0.3) is 0 Å². The van der Waals surface area contributed by atoms with Crippen LogP contribution >= 0.6 is 0 Å². The number of aryl methyl sites for hydroxylation is 1. The van der Waals surface area contributed by atoms with Gasteiger partial charge in [-0.15, -0.1) is 0 Å². The molecule has 0 saturated carbocycles. The number of anilines is 1. The van der Waals surface area contributed by atoms with E-state index in [-0.39, 0.29) is 25.2 Å². The zero-order valence-electron chi connectivity index (χ0n) is 20.6. The molecule has 0 fully saturated rings. The third kappa shape index (κ3) is 8.01. The minimum Gasteiger partial charge on any atom is -0.391 e. The van der Waals surface area contributed by atoms with E-state index in [1.807, 2.05) is 0 Å². The van der Waals surface area contributed by atoms with E-state index in [1.165, 1.54) is 18.2 Å². The molecule has 7 nitrogen and oxygen atoms in total. The van der Waals surface area contributed by atoms with Crippen molar-refractivity contribution in [2.24, 2.45) is 0 Å². The van der Waals surface area contributed by atoms with Crippen molar-refractivity contribution in [1.82, 2.24) is 15.2 Å². The van der Waals surface area contributed by atoms with Gasteiger partial charge in [-0.25, -0.2) is 9.37 Å². The largest absolute Gasteiger partial charge is 0.471 e. The molecule has 4 N–H and O–H groups in total. The SMILES string of the molecule is Cc1nc(N)ccc1CNC(=O)[C@H](Cc1ccc(F)cc1)N(C[C@H](O)Cc1ccccc1)C(=O)C(F)(F)F. The van der Waals surface area contributed by atoms with Crippen LogP contribution < -0.4 is 11.1 Å². The molecular formula is C27H28F4N4O3. The van der Waals surface area contributed by atoms with Gasteiger partial charge in [-0.2, -0.15) is 13.2 Å². The van der Waals surface area contributed by atoms with Gasteiger partial charge >= 0.3 is 12.1 Å². The van der Waals surface area contributed by atoms with Crippen LogP contribution in [0.4, 0.5) is 23.4 Å². The quantitative estimate of drug-likeness (QED) is 0.347. The maximum atomic E-state index is 13.7. The summed E-state index contributed by atoms with van der Waals surface area (Å²) in [4.78, 5) is 30.3. The Kier molecular flexibility index (Phi) is 9.40. The zero-order chi connectivity index (χ0) is 27.9. The fourth-order valence-corrected chi connectivity index (χ4v) is 3.98. The number of nitrogens with zero attached hydrogens (tertiary/aromatic N) is 2. The van der Waals surface area contributed by atoms with Crippen molar-refractivity contribution < 1.29 is 32.3 Å². The predicted octanol–water partition coefficient (Wildman–Crippen LogP) is 3.33. The van der Waals surface area contributed by atoms with Crippen LogP contribution in [0.15, 0.2) is 66.7 Å². The molecule has 0 aliphatic heterocycles. The highest BCUT2D eigenvalue weighted by atomic mass is 19.4. The summed E-state index contributed by atoms with van der Waals surface area (Å²) in [6.45, 7) is 0.820. The van der Waals surface area contributed by atoms with E-state index < -0.39 is 42.5 Å². The number of benzene rings is 2. The molecule has 0 bridgehead atoms. The molecule has 0 aliphatic rings. The van der Waals surface area contributed by atoms with Crippen LogP contribution in [-0.2, 0) is 29.0 Å². The van der Waals surface area contributed by atoms with Crippen molar-refractivity contribution in [1.29, 1.82) is 0 Å². The van der Waals surface area contributed by atoms with E-state index in [9.17, 15) is 32.3 Å². The number of nitrogen functional groups attached to an aromatic ring is 1. The number of pyridine rings is 1. The highest BCUT2D eigenvalue weighted by molar-refractivity contribution is 5.90. The second-order valence-electron chi connectivity index (χ2n) is 8.84. The maximum Gasteiger partial charge on any atom is 0.471 e. The van der Waals surface area contributed by atoms with E-state index >= 15 is 0 Å². The topological polar surface area (TPSA) is 109 Å². The number of rotatable bonds is 10. The number of hydrogen-bond donors (Lipinski definition) is 3. The molecule has 1 aromatic heterocycles. The lowest BCUT2D eigenvalue weighted by Gasteiger charge is -2.33. The Hall–Kier alpha value is -3.99. The van der Waals surface area contributed by atoms with Crippen molar-refractivity contribution >= 4 is 17.6 Å². The van der Waals surface area contributed by atoms with Crippen molar-refractivity contribution in [2.75, 3.05) is 12.3 Å². The number of carbonyl (C=O) groups excluding carboxylic acids is 2. The number of amides is 2. The lowest BCUT2D eigenvalue weighted by atomic mass is 10.0. The number of aliphatic hydroxyl groups is 1. The lowest BCUT2D eigenvalue weighted by molar-refractivity contribution is -0.189. The first kappa shape index (κ1) is 28.6. The van der Waals surface area contributed by atoms with E-state index in [2.05, 4.69) is 10.3 Å². The molecule has 3 rings (SSSR count). The van der Waals surface area contributed by atoms with Crippen LogP contribution in [-0.4, -0.2) is 51.7 Å². The Labute approximate surface area is 217 Å². The fourth-order valence-electron chi connectivity index (χ4n) is 3.98. The molecule has 38 heavy (non-hydrogen) atoms. The van der Waals surface area contributed by atoms with E-state index in [4.69, 9.17) is 5.73 Å². The number of nitrogens with one attached hydrogen (secondary N) is 1. The van der Waals surface area contributed by atoms with E-state index in [1.54, 1.807) is 43.3 Å². The van der Waals surface area contributed by atoms with Gasteiger partial charge in [0.15, 0.2) is 0 Å². The van der Waals surface area contributed by atoms with Crippen molar-refractivity contribution in [3.05, 3.63) is 94.9 Å². The normalized spacial score (nSPS) is 13.0. The standard InChI is InChI=1S/C27H28F4N4O3/c1-17-20(9-12-24(32)34-17)15-33-25(37)23(14-19-7-10-21(28)11-8-19)35(26(38)27(29,30)31)16-22(36)13-18-5-3-2-4-6-18/h2-12,22-23,36H,13-16H2,1H3,(H2,32,34)(H,33,37)/t22-,23+/m1/s1. The highest BCUT2D eigenvalue weighted by Crippen LogP contribution is 2.23.